The molecule has 7 rings (SSSR count). The van der Waals surface area contributed by atoms with E-state index in [0.717, 1.165) is 25.8 Å². The number of Topliss-reactive ketones (excluding diaryl/α,β-unsaturated/α-hetero) is 4. The summed E-state index contributed by atoms with van der Waals surface area (Å²) >= 11 is 0. The number of nitrogens with one attached hydrogen (secondary N) is 1. The van der Waals surface area contributed by atoms with Gasteiger partial charge < -0.3 is 49.4 Å². The molecule has 1 fully saturated rings. The second kappa shape index (κ2) is 15.8. The van der Waals surface area contributed by atoms with Gasteiger partial charge in [0.05, 0.1) is 41.0 Å². The van der Waals surface area contributed by atoms with Crippen LogP contribution >= 0.6 is 0 Å². The fourth-order valence-corrected chi connectivity index (χ4v) is 9.37. The number of aryl methyl sites for hydroxylation is 2. The molecule has 3 aliphatic carbocycles. The third-order valence-corrected chi connectivity index (χ3v) is 12.1. The number of fused-ring (bicyclic) bond motifs is 5. The number of phenolic OH excluding ortho intramolecular Hbond substituents is 2. The first kappa shape index (κ1) is 41.9. The first-order chi connectivity index (χ1) is 28.1. The molecule has 1 amide bonds. The lowest BCUT2D eigenvalue weighted by Gasteiger charge is -2.54. The summed E-state index contributed by atoms with van der Waals surface area (Å²) in [5.41, 5.74) is -6.98. The van der Waals surface area contributed by atoms with Crippen molar-refractivity contribution in [3.8, 4) is 11.5 Å². The molecule has 1 aliphatic heterocycles. The number of nitrogens with zero attached hydrogens (tertiary/aromatic N) is 1. The Morgan fingerprint density at radius 2 is 1.61 bits per heavy atom. The minimum Gasteiger partial charge on any atom is -0.507 e. The van der Waals surface area contributed by atoms with Crippen molar-refractivity contribution in [1.29, 1.82) is 0 Å². The highest BCUT2D eigenvalue weighted by Gasteiger charge is 2.74. The Kier molecular flexibility index (Phi) is 11.2. The van der Waals surface area contributed by atoms with Crippen LogP contribution in [-0.4, -0.2) is 133 Å². The number of aliphatic hydroxyl groups is 2. The Hall–Kier alpha value is -5.20. The van der Waals surface area contributed by atoms with E-state index in [1.54, 1.807) is 13.8 Å². The van der Waals surface area contributed by atoms with Crippen molar-refractivity contribution in [3.63, 3.8) is 0 Å². The lowest BCUT2D eigenvalue weighted by atomic mass is 9.56. The van der Waals surface area contributed by atoms with Crippen LogP contribution < -0.4 is 5.32 Å². The minimum atomic E-state index is -2.69. The monoisotopic (exact) mass is 814 g/mol. The third-order valence-electron chi connectivity index (χ3n) is 12.1. The number of ketones is 4. The molecule has 16 nitrogen and oxygen atoms in total. The Balaban J connectivity index is 1.33. The number of aliphatic imine (C=N–C) groups is 1. The van der Waals surface area contributed by atoms with E-state index in [0.29, 0.717) is 18.4 Å². The number of aromatic hydroxyl groups is 2. The van der Waals surface area contributed by atoms with Gasteiger partial charge in [-0.15, -0.1) is 0 Å². The fraction of sp³-hybridized carbons (Fsp3) is 0.442. The number of hydrogen-bond acceptors (Lipinski definition) is 15. The predicted molar refractivity (Wildman–Crippen MR) is 207 cm³/mol. The highest BCUT2D eigenvalue weighted by molar-refractivity contribution is 6.53. The molecular formula is C43H46N2O14. The number of ether oxygens (including phenoxy) is 5. The Bertz CT molecular complexity index is 2290. The molecule has 0 bridgehead atoms. The second-order valence-electron chi connectivity index (χ2n) is 15.2. The third kappa shape index (κ3) is 6.15. The molecular weight excluding hydrogens is 768 g/mol. The molecule has 8 unspecified atom stereocenters. The van der Waals surface area contributed by atoms with Crippen LogP contribution in [0.4, 0.5) is 0 Å². The SMILES string of the molecule is COC1C(C)OC(N=C2CC(=O)c3c(cc4c(c3O)C(=O)C3(OC)C(O)Cc5cc(C)c(C(=O)NCCCc6ccccc6)c(O)c5C3(OC)C4=O)C2=O)C(OC)C1O. The number of methoxy groups -OCH3 is 4. The molecule has 0 aromatic heterocycles. The number of carbonyl (C=O) groups excluding carboxylic acids is 5. The Morgan fingerprint density at radius 1 is 0.915 bits per heavy atom. The lowest BCUT2D eigenvalue weighted by Crippen LogP contribution is -2.73. The van der Waals surface area contributed by atoms with Gasteiger partial charge in [-0.3, -0.25) is 29.0 Å². The van der Waals surface area contributed by atoms with E-state index in [2.05, 4.69) is 10.3 Å². The molecule has 5 N–H and O–H groups in total. The van der Waals surface area contributed by atoms with Gasteiger partial charge in [0, 0.05) is 58.1 Å². The number of carbonyl (C=O) groups is 5. The van der Waals surface area contributed by atoms with Gasteiger partial charge in [0.2, 0.25) is 17.3 Å². The lowest BCUT2D eigenvalue weighted by molar-refractivity contribution is -0.228. The molecule has 0 radical (unpaired) electrons. The normalized spacial score (nSPS) is 29.5. The Labute approximate surface area is 339 Å². The maximum atomic E-state index is 15.2. The summed E-state index contributed by atoms with van der Waals surface area (Å²) in [7, 11) is 4.79. The molecule has 16 heteroatoms. The van der Waals surface area contributed by atoms with Crippen molar-refractivity contribution in [3.05, 3.63) is 92.5 Å². The summed E-state index contributed by atoms with van der Waals surface area (Å²) in [6.45, 7) is 3.43. The van der Waals surface area contributed by atoms with Crippen LogP contribution in [0.1, 0.15) is 93.8 Å². The Morgan fingerprint density at radius 3 is 2.25 bits per heavy atom. The second-order valence-corrected chi connectivity index (χ2v) is 15.2. The van der Waals surface area contributed by atoms with Gasteiger partial charge in [0.15, 0.2) is 23.2 Å². The van der Waals surface area contributed by atoms with Gasteiger partial charge in [-0.1, -0.05) is 36.4 Å². The van der Waals surface area contributed by atoms with Gasteiger partial charge in [-0.25, -0.2) is 0 Å². The molecule has 8 atom stereocenters. The highest BCUT2D eigenvalue weighted by atomic mass is 16.6. The molecule has 1 saturated heterocycles. The number of rotatable bonds is 10. The first-order valence-corrected chi connectivity index (χ1v) is 19.1. The van der Waals surface area contributed by atoms with Crippen molar-refractivity contribution in [2.45, 2.75) is 87.5 Å². The summed E-state index contributed by atoms with van der Waals surface area (Å²) < 4.78 is 28.4. The van der Waals surface area contributed by atoms with E-state index in [9.17, 15) is 39.6 Å². The summed E-state index contributed by atoms with van der Waals surface area (Å²) in [4.78, 5) is 76.2. The number of benzene rings is 3. The average Bonchev–Trinajstić information content (AvgIpc) is 3.20. The zero-order valence-corrected chi connectivity index (χ0v) is 33.4. The van der Waals surface area contributed by atoms with Crippen molar-refractivity contribution >= 4 is 34.8 Å². The van der Waals surface area contributed by atoms with E-state index < -0.39 is 117 Å². The van der Waals surface area contributed by atoms with Crippen molar-refractivity contribution in [2.24, 2.45) is 4.99 Å². The molecule has 3 aromatic rings. The number of amides is 1. The molecule has 1 heterocycles. The van der Waals surface area contributed by atoms with Crippen LogP contribution in [0, 0.1) is 6.92 Å². The summed E-state index contributed by atoms with van der Waals surface area (Å²) in [6, 6.07) is 12.1. The van der Waals surface area contributed by atoms with Crippen LogP contribution in [0.25, 0.3) is 0 Å². The molecule has 3 aromatic carbocycles. The standard InChI is InChI=1S/C43H46N2O14/c1-19-15-22-16-27(47)42(57-5)39(53)30-24(38(52)43(42,58-6)31(22)34(50)28(19)40(54)44-14-10-13-21-11-8-7-9-12-21)17-23-29(33(30)49)26(46)18-25(32(23)48)45-41-37(56-4)35(51)36(55-3)20(2)59-41/h7-9,11-12,15,17,20,27,35-37,41,47,49-51H,10,13-14,16,18H2,1-6H3,(H,44,54). The zero-order valence-electron chi connectivity index (χ0n) is 33.4. The minimum absolute atomic E-state index is 0.169. The van der Waals surface area contributed by atoms with Crippen LogP contribution in [0.15, 0.2) is 47.5 Å². The first-order valence-electron chi connectivity index (χ1n) is 19.1. The summed E-state index contributed by atoms with van der Waals surface area (Å²) in [5, 5.41) is 49.4. The van der Waals surface area contributed by atoms with Crippen molar-refractivity contribution in [1.82, 2.24) is 5.32 Å². The van der Waals surface area contributed by atoms with Crippen LogP contribution in [0.3, 0.4) is 0 Å². The topological polar surface area (TPSA) is 237 Å². The van der Waals surface area contributed by atoms with E-state index in [-0.39, 0.29) is 35.4 Å². The van der Waals surface area contributed by atoms with E-state index in [4.69, 9.17) is 23.7 Å². The highest BCUT2D eigenvalue weighted by Crippen LogP contribution is 2.58. The number of phenols is 2. The molecule has 4 aliphatic rings. The average molecular weight is 815 g/mol. The fourth-order valence-electron chi connectivity index (χ4n) is 9.37. The maximum Gasteiger partial charge on any atom is 0.255 e. The van der Waals surface area contributed by atoms with Crippen molar-refractivity contribution in [2.75, 3.05) is 35.0 Å². The van der Waals surface area contributed by atoms with Gasteiger partial charge in [0.1, 0.15) is 29.8 Å². The van der Waals surface area contributed by atoms with Gasteiger partial charge in [-0.05, 0) is 49.4 Å². The largest absolute Gasteiger partial charge is 0.507 e. The van der Waals surface area contributed by atoms with Gasteiger partial charge >= 0.3 is 0 Å². The predicted octanol–water partition coefficient (Wildman–Crippen LogP) is 2.34. The van der Waals surface area contributed by atoms with E-state index in [1.165, 1.54) is 20.3 Å². The molecule has 59 heavy (non-hydrogen) atoms. The quantitative estimate of drug-likeness (QED) is 0.185. The molecule has 0 saturated carbocycles. The summed E-state index contributed by atoms with van der Waals surface area (Å²) in [5.74, 6) is -6.38. The summed E-state index contributed by atoms with van der Waals surface area (Å²) in [6.07, 6.45) is -6.68. The van der Waals surface area contributed by atoms with Gasteiger partial charge in [0.25, 0.3) is 5.91 Å². The zero-order chi connectivity index (χ0) is 42.7. The van der Waals surface area contributed by atoms with Crippen LogP contribution in [0.2, 0.25) is 0 Å². The van der Waals surface area contributed by atoms with E-state index in [1.807, 2.05) is 30.3 Å². The van der Waals surface area contributed by atoms with Gasteiger partial charge in [-0.2, -0.15) is 0 Å². The molecule has 312 valence electrons. The number of aliphatic hydroxyl groups excluding tert-OH is 2. The maximum absolute atomic E-state index is 15.2. The van der Waals surface area contributed by atoms with Crippen LogP contribution in [-0.2, 0) is 42.1 Å². The smallest absolute Gasteiger partial charge is 0.255 e. The molecule has 0 spiro atoms. The van der Waals surface area contributed by atoms with E-state index >= 15 is 4.79 Å². The van der Waals surface area contributed by atoms with Crippen LogP contribution in [0.5, 0.6) is 11.5 Å². The van der Waals surface area contributed by atoms with Crippen molar-refractivity contribution < 1.29 is 68.1 Å². The number of hydrogen-bond donors (Lipinski definition) is 5.